The maximum atomic E-state index is 12.3. The van der Waals surface area contributed by atoms with E-state index >= 15 is 0 Å². The van der Waals surface area contributed by atoms with E-state index in [1.54, 1.807) is 24.1 Å². The number of benzene rings is 1. The van der Waals surface area contributed by atoms with Gasteiger partial charge in [0.2, 0.25) is 0 Å². The van der Waals surface area contributed by atoms with E-state index in [1.165, 1.54) is 11.8 Å². The predicted molar refractivity (Wildman–Crippen MR) is 79.0 cm³/mol. The first-order chi connectivity index (χ1) is 9.60. The summed E-state index contributed by atoms with van der Waals surface area (Å²) in [5.41, 5.74) is 5.26. The number of aromatic nitrogens is 1. The van der Waals surface area contributed by atoms with Gasteiger partial charge in [0.05, 0.1) is 5.56 Å². The quantitative estimate of drug-likeness (QED) is 0.658. The first-order valence-corrected chi connectivity index (χ1v) is 6.34. The fourth-order valence-electron chi connectivity index (χ4n) is 1.98. The Morgan fingerprint density at radius 1 is 1.35 bits per heavy atom. The second kappa shape index (κ2) is 6.16. The van der Waals surface area contributed by atoms with Crippen molar-refractivity contribution in [2.24, 2.45) is 5.84 Å². The van der Waals surface area contributed by atoms with Crippen molar-refractivity contribution in [3.05, 3.63) is 59.3 Å². The first-order valence-electron chi connectivity index (χ1n) is 6.34. The van der Waals surface area contributed by atoms with Crippen molar-refractivity contribution in [2.75, 3.05) is 12.5 Å². The smallest absolute Gasteiger partial charge is 0.255 e. The van der Waals surface area contributed by atoms with E-state index in [4.69, 9.17) is 5.84 Å². The third kappa shape index (κ3) is 3.33. The molecule has 0 saturated carbocycles. The fourth-order valence-corrected chi connectivity index (χ4v) is 1.98. The SMILES string of the molecule is Cc1cccc(CN(C)C(=O)c2ccc(NN)nc2)c1. The first kappa shape index (κ1) is 14.0. The van der Waals surface area contributed by atoms with Crippen molar-refractivity contribution in [2.45, 2.75) is 13.5 Å². The molecule has 0 saturated heterocycles. The van der Waals surface area contributed by atoms with E-state index in [0.717, 1.165) is 5.56 Å². The van der Waals surface area contributed by atoms with Crippen LogP contribution in [0.2, 0.25) is 0 Å². The predicted octanol–water partition coefficient (Wildman–Crippen LogP) is 1.95. The lowest BCUT2D eigenvalue weighted by atomic mass is 10.1. The highest BCUT2D eigenvalue weighted by atomic mass is 16.2. The van der Waals surface area contributed by atoms with Gasteiger partial charge in [-0.15, -0.1) is 0 Å². The summed E-state index contributed by atoms with van der Waals surface area (Å²) >= 11 is 0. The molecule has 1 aromatic heterocycles. The monoisotopic (exact) mass is 270 g/mol. The van der Waals surface area contributed by atoms with Crippen molar-refractivity contribution in [1.29, 1.82) is 0 Å². The lowest BCUT2D eigenvalue weighted by Crippen LogP contribution is -2.26. The maximum Gasteiger partial charge on any atom is 0.255 e. The molecule has 0 fully saturated rings. The number of amides is 1. The van der Waals surface area contributed by atoms with Crippen molar-refractivity contribution in [3.63, 3.8) is 0 Å². The summed E-state index contributed by atoms with van der Waals surface area (Å²) in [7, 11) is 1.78. The van der Waals surface area contributed by atoms with Crippen LogP contribution in [0.4, 0.5) is 5.82 Å². The number of carbonyl (C=O) groups excluding carboxylic acids is 1. The molecule has 0 aliphatic rings. The summed E-state index contributed by atoms with van der Waals surface area (Å²) in [6, 6.07) is 11.5. The van der Waals surface area contributed by atoms with E-state index in [0.29, 0.717) is 17.9 Å². The van der Waals surface area contributed by atoms with Crippen LogP contribution in [-0.4, -0.2) is 22.8 Å². The van der Waals surface area contributed by atoms with Gasteiger partial charge in [0.1, 0.15) is 5.82 Å². The lowest BCUT2D eigenvalue weighted by Gasteiger charge is -2.17. The Kier molecular flexibility index (Phi) is 4.32. The number of hydrazine groups is 1. The number of nitrogens with one attached hydrogen (secondary N) is 1. The third-order valence-corrected chi connectivity index (χ3v) is 3.01. The van der Waals surface area contributed by atoms with Crippen LogP contribution in [0.5, 0.6) is 0 Å². The molecule has 5 nitrogen and oxygen atoms in total. The summed E-state index contributed by atoms with van der Waals surface area (Å²) in [5.74, 6) is 5.71. The Bertz CT molecular complexity index is 595. The molecule has 0 atom stereocenters. The van der Waals surface area contributed by atoms with Gasteiger partial charge < -0.3 is 10.3 Å². The van der Waals surface area contributed by atoms with Gasteiger partial charge in [0, 0.05) is 19.8 Å². The van der Waals surface area contributed by atoms with E-state index in [1.807, 2.05) is 25.1 Å². The van der Waals surface area contributed by atoms with Gasteiger partial charge in [0.15, 0.2) is 0 Å². The Hall–Kier alpha value is -2.40. The molecule has 0 aliphatic carbocycles. The van der Waals surface area contributed by atoms with Crippen LogP contribution in [-0.2, 0) is 6.54 Å². The van der Waals surface area contributed by atoms with Gasteiger partial charge in [-0.1, -0.05) is 29.8 Å². The van der Waals surface area contributed by atoms with Crippen LogP contribution in [0, 0.1) is 6.92 Å². The second-order valence-corrected chi connectivity index (χ2v) is 4.73. The number of pyridine rings is 1. The molecule has 104 valence electrons. The molecule has 0 radical (unpaired) electrons. The number of nitrogens with two attached hydrogens (primary N) is 1. The fraction of sp³-hybridized carbons (Fsp3) is 0.200. The zero-order chi connectivity index (χ0) is 14.5. The summed E-state index contributed by atoms with van der Waals surface area (Å²) in [4.78, 5) is 18.0. The van der Waals surface area contributed by atoms with Crippen LogP contribution < -0.4 is 11.3 Å². The van der Waals surface area contributed by atoms with E-state index in [9.17, 15) is 4.79 Å². The minimum atomic E-state index is -0.0671. The standard InChI is InChI=1S/C15H18N4O/c1-11-4-3-5-12(8-11)10-19(2)15(20)13-6-7-14(18-16)17-9-13/h3-9H,10,16H2,1-2H3,(H,17,18). The van der Waals surface area contributed by atoms with Crippen LogP contribution in [0.15, 0.2) is 42.6 Å². The molecule has 0 bridgehead atoms. The Labute approximate surface area is 118 Å². The highest BCUT2D eigenvalue weighted by Crippen LogP contribution is 2.10. The van der Waals surface area contributed by atoms with Crippen molar-refractivity contribution in [1.82, 2.24) is 9.88 Å². The zero-order valence-electron chi connectivity index (χ0n) is 11.6. The number of hydrogen-bond donors (Lipinski definition) is 2. The largest absolute Gasteiger partial charge is 0.337 e. The second-order valence-electron chi connectivity index (χ2n) is 4.73. The Morgan fingerprint density at radius 2 is 2.15 bits per heavy atom. The minimum absolute atomic E-state index is 0.0671. The van der Waals surface area contributed by atoms with Crippen LogP contribution in [0.25, 0.3) is 0 Å². The average molecular weight is 270 g/mol. The van der Waals surface area contributed by atoms with Crippen molar-refractivity contribution >= 4 is 11.7 Å². The maximum absolute atomic E-state index is 12.3. The summed E-state index contributed by atoms with van der Waals surface area (Å²) in [6.07, 6.45) is 1.52. The zero-order valence-corrected chi connectivity index (χ0v) is 11.6. The normalized spacial score (nSPS) is 10.2. The molecule has 1 aromatic carbocycles. The molecule has 1 amide bonds. The topological polar surface area (TPSA) is 71.2 Å². The minimum Gasteiger partial charge on any atom is -0.337 e. The number of hydrogen-bond acceptors (Lipinski definition) is 4. The molecule has 0 aliphatic heterocycles. The molecule has 20 heavy (non-hydrogen) atoms. The Balaban J connectivity index is 2.07. The number of nitrogens with zero attached hydrogens (tertiary/aromatic N) is 2. The van der Waals surface area contributed by atoms with Crippen LogP contribution in [0.3, 0.4) is 0 Å². The van der Waals surface area contributed by atoms with Gasteiger partial charge >= 0.3 is 0 Å². The molecule has 3 N–H and O–H groups in total. The molecule has 0 spiro atoms. The van der Waals surface area contributed by atoms with E-state index in [2.05, 4.69) is 16.5 Å². The molecule has 2 aromatic rings. The third-order valence-electron chi connectivity index (χ3n) is 3.01. The molecular weight excluding hydrogens is 252 g/mol. The van der Waals surface area contributed by atoms with Gasteiger partial charge in [-0.3, -0.25) is 4.79 Å². The molecule has 2 rings (SSSR count). The highest BCUT2D eigenvalue weighted by molar-refractivity contribution is 5.93. The number of rotatable bonds is 4. The average Bonchev–Trinajstić information content (AvgIpc) is 2.46. The van der Waals surface area contributed by atoms with Gasteiger partial charge in [-0.05, 0) is 24.6 Å². The van der Waals surface area contributed by atoms with E-state index in [-0.39, 0.29) is 5.91 Å². The van der Waals surface area contributed by atoms with Crippen LogP contribution in [0.1, 0.15) is 21.5 Å². The molecule has 5 heteroatoms. The van der Waals surface area contributed by atoms with Gasteiger partial charge in [-0.2, -0.15) is 0 Å². The van der Waals surface area contributed by atoms with Crippen molar-refractivity contribution in [3.8, 4) is 0 Å². The molecule has 1 heterocycles. The van der Waals surface area contributed by atoms with E-state index < -0.39 is 0 Å². The molecular formula is C15H18N4O. The molecule has 0 unspecified atom stereocenters. The number of carbonyl (C=O) groups is 1. The summed E-state index contributed by atoms with van der Waals surface area (Å²) in [6.45, 7) is 2.60. The van der Waals surface area contributed by atoms with Gasteiger partial charge in [-0.25, -0.2) is 10.8 Å². The lowest BCUT2D eigenvalue weighted by molar-refractivity contribution is 0.0784. The number of anilines is 1. The number of nitrogen functional groups attached to an aromatic ring is 1. The Morgan fingerprint density at radius 3 is 2.75 bits per heavy atom. The summed E-state index contributed by atoms with van der Waals surface area (Å²) in [5, 5.41) is 0. The summed E-state index contributed by atoms with van der Waals surface area (Å²) < 4.78 is 0. The highest BCUT2D eigenvalue weighted by Gasteiger charge is 2.12. The number of aryl methyl sites for hydroxylation is 1. The van der Waals surface area contributed by atoms with Gasteiger partial charge in [0.25, 0.3) is 5.91 Å². The van der Waals surface area contributed by atoms with Crippen molar-refractivity contribution < 1.29 is 4.79 Å². The van der Waals surface area contributed by atoms with Crippen LogP contribution >= 0.6 is 0 Å².